The molecule has 1 saturated heterocycles. The number of carbonyl (C=O) groups is 4. The largest absolute Gasteiger partial charge is 0.454 e. The molecule has 32 heavy (non-hydrogen) atoms. The molecule has 2 bridgehead atoms. The molecule has 6 nitrogen and oxygen atoms in total. The highest BCUT2D eigenvalue weighted by Crippen LogP contribution is 2.53. The van der Waals surface area contributed by atoms with E-state index >= 15 is 0 Å². The van der Waals surface area contributed by atoms with Crippen LogP contribution < -0.4 is 4.90 Å². The lowest BCUT2D eigenvalue weighted by Crippen LogP contribution is -2.34. The first-order valence-corrected chi connectivity index (χ1v) is 10.8. The first-order valence-electron chi connectivity index (χ1n) is 10.8. The Morgan fingerprint density at radius 3 is 2.25 bits per heavy atom. The molecule has 6 heteroatoms. The zero-order valence-electron chi connectivity index (χ0n) is 17.9. The lowest BCUT2D eigenvalue weighted by atomic mass is 9.85. The number of fused-ring (bicyclic) bond motifs is 5. The van der Waals surface area contributed by atoms with Crippen LogP contribution in [-0.4, -0.2) is 30.2 Å². The fraction of sp³-hybridized carbons (Fsp3) is 0.308. The van der Waals surface area contributed by atoms with E-state index in [4.69, 9.17) is 4.74 Å². The topological polar surface area (TPSA) is 80.8 Å². The lowest BCUT2D eigenvalue weighted by molar-refractivity contribution is -0.123. The number of esters is 1. The molecule has 0 N–H and O–H groups in total. The van der Waals surface area contributed by atoms with Crippen molar-refractivity contribution >= 4 is 29.3 Å². The van der Waals surface area contributed by atoms with Crippen LogP contribution >= 0.6 is 0 Å². The highest BCUT2D eigenvalue weighted by molar-refractivity contribution is 6.24. The molecule has 0 radical (unpaired) electrons. The number of benzene rings is 2. The number of nitrogens with zero attached hydrogens (tertiary/aromatic N) is 1. The average Bonchev–Trinajstić information content (AvgIpc) is 3.47. The number of hydrogen-bond donors (Lipinski definition) is 0. The predicted molar refractivity (Wildman–Crippen MR) is 117 cm³/mol. The average molecular weight is 429 g/mol. The van der Waals surface area contributed by atoms with Crippen molar-refractivity contribution in [2.45, 2.75) is 20.3 Å². The Morgan fingerprint density at radius 1 is 0.938 bits per heavy atom. The third-order valence-corrected chi connectivity index (χ3v) is 7.00. The Labute approximate surface area is 185 Å². The molecule has 2 fully saturated rings. The van der Waals surface area contributed by atoms with Crippen LogP contribution in [0, 0.1) is 37.5 Å². The summed E-state index contributed by atoms with van der Waals surface area (Å²) in [7, 11) is 0. The number of allylic oxidation sites excluding steroid dienone is 2. The van der Waals surface area contributed by atoms with Crippen molar-refractivity contribution in [2.24, 2.45) is 23.7 Å². The fourth-order valence-corrected chi connectivity index (χ4v) is 5.19. The van der Waals surface area contributed by atoms with Gasteiger partial charge < -0.3 is 4.74 Å². The minimum Gasteiger partial charge on any atom is -0.454 e. The second-order valence-electron chi connectivity index (χ2n) is 8.83. The van der Waals surface area contributed by atoms with E-state index in [2.05, 4.69) is 0 Å². The summed E-state index contributed by atoms with van der Waals surface area (Å²) in [6.07, 6.45) is 4.89. The number of anilines is 1. The number of ketones is 1. The quantitative estimate of drug-likeness (QED) is 0.314. The van der Waals surface area contributed by atoms with Gasteiger partial charge in [-0.1, -0.05) is 36.4 Å². The molecule has 1 heterocycles. The number of Topliss-reactive ketones (excluding diaryl/α,β-unsaturated/α-hetero) is 1. The maximum absolute atomic E-state index is 13.1. The summed E-state index contributed by atoms with van der Waals surface area (Å²) in [5.74, 6) is -2.12. The van der Waals surface area contributed by atoms with Gasteiger partial charge in [-0.3, -0.25) is 14.4 Å². The summed E-state index contributed by atoms with van der Waals surface area (Å²) >= 11 is 0. The molecule has 162 valence electrons. The predicted octanol–water partition coefficient (Wildman–Crippen LogP) is 3.65. The maximum Gasteiger partial charge on any atom is 0.340 e. The summed E-state index contributed by atoms with van der Waals surface area (Å²) in [5, 5.41) is 0. The summed E-state index contributed by atoms with van der Waals surface area (Å²) < 4.78 is 5.28. The van der Waals surface area contributed by atoms with Gasteiger partial charge in [-0.25, -0.2) is 9.69 Å². The molecule has 1 aliphatic heterocycles. The van der Waals surface area contributed by atoms with Crippen LogP contribution in [0.25, 0.3) is 0 Å². The van der Waals surface area contributed by atoms with Gasteiger partial charge >= 0.3 is 5.97 Å². The Bertz CT molecular complexity index is 1170. The van der Waals surface area contributed by atoms with Crippen LogP contribution in [0.1, 0.15) is 38.3 Å². The normalized spacial score (nSPS) is 25.4. The molecular formula is C26H23NO5. The first-order chi connectivity index (χ1) is 15.4. The molecule has 0 spiro atoms. The van der Waals surface area contributed by atoms with Crippen LogP contribution in [0.2, 0.25) is 0 Å². The molecule has 2 aromatic carbocycles. The first kappa shape index (κ1) is 20.4. The minimum atomic E-state index is -0.739. The van der Waals surface area contributed by atoms with E-state index in [1.807, 2.05) is 32.1 Å². The van der Waals surface area contributed by atoms with Gasteiger partial charge in [0.25, 0.3) is 0 Å². The molecule has 1 saturated carbocycles. The lowest BCUT2D eigenvalue weighted by Gasteiger charge is -2.20. The van der Waals surface area contributed by atoms with E-state index in [0.717, 1.165) is 22.4 Å². The molecule has 0 aromatic heterocycles. The third-order valence-electron chi connectivity index (χ3n) is 7.00. The second-order valence-corrected chi connectivity index (χ2v) is 8.83. The Morgan fingerprint density at radius 2 is 1.59 bits per heavy atom. The van der Waals surface area contributed by atoms with Crippen LogP contribution in [0.3, 0.4) is 0 Å². The van der Waals surface area contributed by atoms with Crippen LogP contribution in [-0.2, 0) is 14.3 Å². The molecule has 0 unspecified atom stereocenters. The minimum absolute atomic E-state index is 0.0844. The molecular weight excluding hydrogens is 406 g/mol. The number of aryl methyl sites for hydroxylation is 2. The monoisotopic (exact) mass is 429 g/mol. The number of rotatable bonds is 5. The van der Waals surface area contributed by atoms with Crippen molar-refractivity contribution in [1.29, 1.82) is 0 Å². The SMILES string of the molecule is Cc1ccc(C(=O)COC(=O)c2ccccc2N2C(=O)[C@@H]3[C@@H](C2=O)[C@H]2C=C[C@@H]3C2)cc1C. The molecule has 2 amide bonds. The maximum atomic E-state index is 13.1. The van der Waals surface area contributed by atoms with E-state index in [-0.39, 0.29) is 52.5 Å². The van der Waals surface area contributed by atoms with Crippen molar-refractivity contribution in [3.05, 3.63) is 76.9 Å². The van der Waals surface area contributed by atoms with E-state index in [0.29, 0.717) is 5.56 Å². The van der Waals surface area contributed by atoms with Crippen LogP contribution in [0.15, 0.2) is 54.6 Å². The summed E-state index contributed by atoms with van der Waals surface area (Å²) in [6.45, 7) is 3.45. The van der Waals surface area contributed by atoms with Crippen LogP contribution in [0.4, 0.5) is 5.69 Å². The van der Waals surface area contributed by atoms with Gasteiger partial charge in [0.2, 0.25) is 11.8 Å². The van der Waals surface area contributed by atoms with E-state index in [1.165, 1.54) is 6.07 Å². The van der Waals surface area contributed by atoms with Crippen molar-refractivity contribution in [1.82, 2.24) is 0 Å². The third kappa shape index (κ3) is 3.09. The molecule has 4 atom stereocenters. The molecule has 2 aromatic rings. The molecule has 5 rings (SSSR count). The Hall–Kier alpha value is -3.54. The number of amides is 2. The summed E-state index contributed by atoms with van der Waals surface area (Å²) in [4.78, 5) is 52.8. The number of imide groups is 1. The standard InChI is InChI=1S/C26H23NO5/c1-14-7-8-16(11-15(14)2)21(28)13-32-26(31)19-5-3-4-6-20(19)27-24(29)22-17-9-10-18(12-17)23(22)25(27)30/h3-11,17-18,22-23H,12-13H2,1-2H3/t17-,18+,22-,23-/m0/s1. The number of ether oxygens (including phenoxy) is 1. The molecule has 2 aliphatic carbocycles. The van der Waals surface area contributed by atoms with Gasteiger partial charge in [-0.15, -0.1) is 0 Å². The zero-order valence-corrected chi connectivity index (χ0v) is 17.9. The van der Waals surface area contributed by atoms with Gasteiger partial charge in [-0.2, -0.15) is 0 Å². The van der Waals surface area contributed by atoms with E-state index in [9.17, 15) is 19.2 Å². The van der Waals surface area contributed by atoms with Crippen molar-refractivity contribution < 1.29 is 23.9 Å². The van der Waals surface area contributed by atoms with Crippen molar-refractivity contribution in [3.8, 4) is 0 Å². The van der Waals surface area contributed by atoms with Gasteiger partial charge in [0.05, 0.1) is 23.1 Å². The zero-order chi connectivity index (χ0) is 22.6. The fourth-order valence-electron chi connectivity index (χ4n) is 5.19. The van der Waals surface area contributed by atoms with Crippen molar-refractivity contribution in [3.63, 3.8) is 0 Å². The van der Waals surface area contributed by atoms with Gasteiger partial charge in [0.15, 0.2) is 12.4 Å². The highest BCUT2D eigenvalue weighted by Gasteiger charge is 2.59. The number of carbonyl (C=O) groups excluding carboxylic acids is 4. The second kappa shape index (κ2) is 7.55. The summed E-state index contributed by atoms with van der Waals surface area (Å²) in [5.41, 5.74) is 2.84. The number of hydrogen-bond acceptors (Lipinski definition) is 5. The van der Waals surface area contributed by atoms with Crippen LogP contribution in [0.5, 0.6) is 0 Å². The van der Waals surface area contributed by atoms with Gasteiger partial charge in [0, 0.05) is 5.56 Å². The molecule has 3 aliphatic rings. The van der Waals surface area contributed by atoms with E-state index < -0.39 is 12.6 Å². The Kier molecular flexibility index (Phi) is 4.81. The van der Waals surface area contributed by atoms with Crippen molar-refractivity contribution in [2.75, 3.05) is 11.5 Å². The highest BCUT2D eigenvalue weighted by atomic mass is 16.5. The van der Waals surface area contributed by atoms with E-state index in [1.54, 1.807) is 30.3 Å². The Balaban J connectivity index is 1.35. The van der Waals surface area contributed by atoms with Gasteiger partial charge in [-0.05, 0) is 61.4 Å². The number of para-hydroxylation sites is 1. The summed E-state index contributed by atoms with van der Waals surface area (Å²) in [6, 6.07) is 11.7. The van der Waals surface area contributed by atoms with Gasteiger partial charge in [0.1, 0.15) is 0 Å². The smallest absolute Gasteiger partial charge is 0.340 e.